The largest absolute Gasteiger partial charge is 0.330 e. The second kappa shape index (κ2) is 6.79. The number of carbonyl (C=O) groups is 2. The number of nitrogens with one attached hydrogen (secondary N) is 1. The van der Waals surface area contributed by atoms with Crippen LogP contribution in [0.3, 0.4) is 0 Å². The van der Waals surface area contributed by atoms with Crippen molar-refractivity contribution in [3.05, 3.63) is 64.4 Å². The van der Waals surface area contributed by atoms with Crippen LogP contribution in [0, 0.1) is 0 Å². The Kier molecular flexibility index (Phi) is 4.57. The molecule has 0 bridgehead atoms. The van der Waals surface area contributed by atoms with Crippen LogP contribution in [0.2, 0.25) is 0 Å². The van der Waals surface area contributed by atoms with Crippen LogP contribution in [0.1, 0.15) is 27.2 Å². The molecule has 2 heterocycles. The van der Waals surface area contributed by atoms with Gasteiger partial charge in [0.1, 0.15) is 0 Å². The molecule has 1 aromatic heterocycles. The van der Waals surface area contributed by atoms with E-state index in [1.165, 1.54) is 0 Å². The lowest BCUT2D eigenvalue weighted by Crippen LogP contribution is -2.30. The average molecular weight is 326 g/mol. The van der Waals surface area contributed by atoms with E-state index in [0.717, 1.165) is 16.1 Å². The molecule has 0 radical (unpaired) electrons. The molecule has 1 N–H and O–H groups in total. The van der Waals surface area contributed by atoms with E-state index in [2.05, 4.69) is 11.9 Å². The van der Waals surface area contributed by atoms with Crippen molar-refractivity contribution in [3.63, 3.8) is 0 Å². The highest BCUT2D eigenvalue weighted by molar-refractivity contribution is 7.09. The summed E-state index contributed by atoms with van der Waals surface area (Å²) in [6, 6.07) is 9.49. The number of nitrogens with zero attached hydrogens (tertiary/aromatic N) is 1. The topological polar surface area (TPSA) is 49.4 Å². The maximum atomic E-state index is 12.8. The summed E-state index contributed by atoms with van der Waals surface area (Å²) in [7, 11) is 0. The summed E-state index contributed by atoms with van der Waals surface area (Å²) >= 11 is 1.64. The molecule has 23 heavy (non-hydrogen) atoms. The van der Waals surface area contributed by atoms with Crippen LogP contribution >= 0.6 is 11.3 Å². The molecular formula is C18H18N2O2S. The van der Waals surface area contributed by atoms with Crippen LogP contribution in [0.5, 0.6) is 0 Å². The van der Waals surface area contributed by atoms with Crippen LogP contribution in [0.25, 0.3) is 0 Å². The Morgan fingerprint density at radius 3 is 2.96 bits per heavy atom. The Labute approximate surface area is 139 Å². The highest BCUT2D eigenvalue weighted by Crippen LogP contribution is 2.24. The van der Waals surface area contributed by atoms with Crippen molar-refractivity contribution in [1.29, 1.82) is 0 Å². The van der Waals surface area contributed by atoms with Crippen LogP contribution in [0.4, 0.5) is 5.69 Å². The third-order valence-electron chi connectivity index (χ3n) is 3.81. The lowest BCUT2D eigenvalue weighted by atomic mass is 10.00. The molecule has 0 aliphatic carbocycles. The fraction of sp³-hybridized carbons (Fsp3) is 0.222. The normalized spacial score (nSPS) is 13.1. The number of amides is 2. The molecule has 4 nitrogen and oxygen atoms in total. The summed E-state index contributed by atoms with van der Waals surface area (Å²) in [5, 5.41) is 4.85. The minimum atomic E-state index is -0.0157. The molecule has 0 fully saturated rings. The lowest BCUT2D eigenvalue weighted by Gasteiger charge is -2.22. The summed E-state index contributed by atoms with van der Waals surface area (Å²) in [6.45, 7) is 4.83. The highest BCUT2D eigenvalue weighted by atomic mass is 32.1. The molecule has 0 saturated heterocycles. The second-order valence-corrected chi connectivity index (χ2v) is 6.51. The molecule has 5 heteroatoms. The van der Waals surface area contributed by atoms with Crippen molar-refractivity contribution in [2.24, 2.45) is 0 Å². The van der Waals surface area contributed by atoms with Crippen molar-refractivity contribution in [3.8, 4) is 0 Å². The zero-order valence-corrected chi connectivity index (χ0v) is 13.6. The van der Waals surface area contributed by atoms with Gasteiger partial charge in [0.05, 0.1) is 6.54 Å². The highest BCUT2D eigenvalue weighted by Gasteiger charge is 2.19. The third kappa shape index (κ3) is 3.51. The minimum absolute atomic E-state index is 0.0157. The number of hydrogen-bond donors (Lipinski definition) is 1. The first-order valence-corrected chi connectivity index (χ1v) is 8.40. The van der Waals surface area contributed by atoms with Crippen molar-refractivity contribution in [2.75, 3.05) is 11.9 Å². The summed E-state index contributed by atoms with van der Waals surface area (Å²) in [5.74, 6) is 0.0144. The van der Waals surface area contributed by atoms with Gasteiger partial charge in [-0.15, -0.1) is 17.9 Å². The Balaban J connectivity index is 1.82. The molecule has 1 aliphatic heterocycles. The zero-order chi connectivity index (χ0) is 16.2. The van der Waals surface area contributed by atoms with Crippen LogP contribution < -0.4 is 5.32 Å². The van der Waals surface area contributed by atoms with Crippen molar-refractivity contribution in [2.45, 2.75) is 19.4 Å². The van der Waals surface area contributed by atoms with Crippen molar-refractivity contribution < 1.29 is 9.59 Å². The summed E-state index contributed by atoms with van der Waals surface area (Å²) < 4.78 is 0. The van der Waals surface area contributed by atoms with Gasteiger partial charge in [0.25, 0.3) is 5.91 Å². The molecule has 0 saturated carbocycles. The maximum Gasteiger partial charge on any atom is 0.254 e. The van der Waals surface area contributed by atoms with Crippen molar-refractivity contribution in [1.82, 2.24) is 4.90 Å². The van der Waals surface area contributed by atoms with Gasteiger partial charge in [0.15, 0.2) is 0 Å². The maximum absolute atomic E-state index is 12.8. The monoisotopic (exact) mass is 326 g/mol. The lowest BCUT2D eigenvalue weighted by molar-refractivity contribution is -0.116. The molecule has 3 rings (SSSR count). The quantitative estimate of drug-likeness (QED) is 0.856. The molecule has 1 aliphatic rings. The Morgan fingerprint density at radius 2 is 2.22 bits per heavy atom. The van der Waals surface area contributed by atoms with E-state index in [1.54, 1.807) is 28.4 Å². The van der Waals surface area contributed by atoms with E-state index in [0.29, 0.717) is 31.5 Å². The van der Waals surface area contributed by atoms with E-state index in [4.69, 9.17) is 0 Å². The number of hydrogen-bond acceptors (Lipinski definition) is 3. The van der Waals surface area contributed by atoms with E-state index in [1.807, 2.05) is 29.6 Å². The average Bonchev–Trinajstić information content (AvgIpc) is 3.06. The predicted octanol–water partition coefficient (Wildman–Crippen LogP) is 3.46. The molecule has 118 valence electrons. The van der Waals surface area contributed by atoms with Gasteiger partial charge in [-0.2, -0.15) is 0 Å². The van der Waals surface area contributed by atoms with Gasteiger partial charge in [-0.25, -0.2) is 0 Å². The van der Waals surface area contributed by atoms with E-state index < -0.39 is 0 Å². The number of rotatable bonds is 5. The first-order valence-electron chi connectivity index (χ1n) is 7.52. The summed E-state index contributed by atoms with van der Waals surface area (Å²) in [4.78, 5) is 27.1. The number of thiophene rings is 1. The Hall–Kier alpha value is -2.40. The minimum Gasteiger partial charge on any atom is -0.330 e. The third-order valence-corrected chi connectivity index (χ3v) is 4.67. The van der Waals surface area contributed by atoms with Crippen LogP contribution in [-0.2, 0) is 17.8 Å². The molecule has 2 aromatic rings. The SMILES string of the molecule is C=CCN(Cc1cccs1)C(=O)c1ccc2c(c1)CCC(=O)N2. The van der Waals surface area contributed by atoms with Gasteiger partial charge in [-0.3, -0.25) is 9.59 Å². The van der Waals surface area contributed by atoms with Gasteiger partial charge in [0, 0.05) is 29.1 Å². The van der Waals surface area contributed by atoms with Crippen molar-refractivity contribution >= 4 is 28.8 Å². The van der Waals surface area contributed by atoms with Gasteiger partial charge >= 0.3 is 0 Å². The predicted molar refractivity (Wildman–Crippen MR) is 92.6 cm³/mol. The van der Waals surface area contributed by atoms with Gasteiger partial charge in [-0.1, -0.05) is 12.1 Å². The smallest absolute Gasteiger partial charge is 0.254 e. The fourth-order valence-electron chi connectivity index (χ4n) is 2.66. The summed E-state index contributed by atoms with van der Waals surface area (Å²) in [6.07, 6.45) is 2.88. The van der Waals surface area contributed by atoms with Gasteiger partial charge < -0.3 is 10.2 Å². The number of anilines is 1. The van der Waals surface area contributed by atoms with E-state index >= 15 is 0 Å². The van der Waals surface area contributed by atoms with E-state index in [-0.39, 0.29) is 11.8 Å². The van der Waals surface area contributed by atoms with Gasteiger partial charge in [0.2, 0.25) is 5.91 Å². The number of carbonyl (C=O) groups excluding carboxylic acids is 2. The van der Waals surface area contributed by atoms with Crippen LogP contribution in [-0.4, -0.2) is 23.3 Å². The standard InChI is InChI=1S/C18H18N2O2S/c1-2-9-20(12-15-4-3-10-23-15)18(22)14-5-7-16-13(11-14)6-8-17(21)19-16/h2-5,7,10-11H,1,6,8-9,12H2,(H,19,21). The van der Waals surface area contributed by atoms with Gasteiger partial charge in [-0.05, 0) is 41.6 Å². The molecule has 0 spiro atoms. The molecule has 1 aromatic carbocycles. The second-order valence-electron chi connectivity index (χ2n) is 5.47. The summed E-state index contributed by atoms with van der Waals surface area (Å²) in [5.41, 5.74) is 2.48. The molecular weight excluding hydrogens is 308 g/mol. The first-order chi connectivity index (χ1) is 11.2. The fourth-order valence-corrected chi connectivity index (χ4v) is 3.38. The molecule has 0 unspecified atom stereocenters. The zero-order valence-electron chi connectivity index (χ0n) is 12.7. The first kappa shape index (κ1) is 15.5. The number of benzene rings is 1. The van der Waals surface area contributed by atoms with E-state index in [9.17, 15) is 9.59 Å². The number of fused-ring (bicyclic) bond motifs is 1. The Bertz CT molecular complexity index is 737. The number of aryl methyl sites for hydroxylation is 1. The molecule has 0 atom stereocenters. The molecule has 2 amide bonds. The van der Waals surface area contributed by atoms with Crippen LogP contribution in [0.15, 0.2) is 48.4 Å². The Morgan fingerprint density at radius 1 is 1.35 bits per heavy atom.